The second kappa shape index (κ2) is 7.67. The molecule has 0 unspecified atom stereocenters. The fourth-order valence-corrected chi connectivity index (χ4v) is 2.99. The maximum absolute atomic E-state index is 11.9. The van der Waals surface area contributed by atoms with Crippen LogP contribution < -0.4 is 5.32 Å². The van der Waals surface area contributed by atoms with Crippen molar-refractivity contribution < 1.29 is 4.79 Å². The van der Waals surface area contributed by atoms with Crippen molar-refractivity contribution in [3.05, 3.63) is 39.7 Å². The first kappa shape index (κ1) is 15.4. The lowest BCUT2D eigenvalue weighted by molar-refractivity contribution is 0.0956. The standard InChI is InChI=1S/C14H15ClN2OS2/c1-2-19-8-7-16-13(18)14-17-12(9-20-14)10-3-5-11(15)6-4-10/h3-6,9H,2,7-8H2,1H3,(H,16,18). The Hall–Kier alpha value is -1.04. The molecule has 0 bridgehead atoms. The Bertz CT molecular complexity index is 569. The molecule has 0 aliphatic heterocycles. The number of thioether (sulfide) groups is 1. The molecule has 3 nitrogen and oxygen atoms in total. The molecule has 0 saturated carbocycles. The Morgan fingerprint density at radius 3 is 2.85 bits per heavy atom. The maximum atomic E-state index is 11.9. The molecule has 0 radical (unpaired) electrons. The van der Waals surface area contributed by atoms with Gasteiger partial charge in [0.05, 0.1) is 5.69 Å². The number of thiazole rings is 1. The van der Waals surface area contributed by atoms with Crippen LogP contribution in [0.25, 0.3) is 11.3 Å². The molecule has 1 aromatic carbocycles. The minimum atomic E-state index is -0.105. The van der Waals surface area contributed by atoms with Gasteiger partial charge in [0.1, 0.15) is 0 Å². The molecule has 0 aliphatic rings. The number of nitrogens with zero attached hydrogens (tertiary/aromatic N) is 1. The summed E-state index contributed by atoms with van der Waals surface area (Å²) in [5, 5.41) is 5.95. The van der Waals surface area contributed by atoms with Gasteiger partial charge in [-0.2, -0.15) is 11.8 Å². The fourth-order valence-electron chi connectivity index (χ4n) is 1.59. The fraction of sp³-hybridized carbons (Fsp3) is 0.286. The molecule has 0 fully saturated rings. The van der Waals surface area contributed by atoms with Gasteiger partial charge in [-0.25, -0.2) is 4.98 Å². The Morgan fingerprint density at radius 1 is 1.40 bits per heavy atom. The van der Waals surface area contributed by atoms with Crippen LogP contribution in [0.1, 0.15) is 16.7 Å². The van der Waals surface area contributed by atoms with Crippen molar-refractivity contribution in [2.75, 3.05) is 18.1 Å². The second-order valence-corrected chi connectivity index (χ2v) is 6.69. The molecule has 0 aliphatic carbocycles. The molecule has 1 aromatic heterocycles. The lowest BCUT2D eigenvalue weighted by Crippen LogP contribution is -2.25. The van der Waals surface area contributed by atoms with Crippen molar-refractivity contribution in [1.29, 1.82) is 0 Å². The van der Waals surface area contributed by atoms with E-state index in [4.69, 9.17) is 11.6 Å². The molecule has 6 heteroatoms. The predicted molar refractivity (Wildman–Crippen MR) is 87.9 cm³/mol. The summed E-state index contributed by atoms with van der Waals surface area (Å²) in [5.74, 6) is 1.89. The molecule has 2 aromatic rings. The van der Waals surface area contributed by atoms with E-state index in [2.05, 4.69) is 17.2 Å². The highest BCUT2D eigenvalue weighted by atomic mass is 35.5. The summed E-state index contributed by atoms with van der Waals surface area (Å²) in [4.78, 5) is 16.3. The number of nitrogens with one attached hydrogen (secondary N) is 1. The quantitative estimate of drug-likeness (QED) is 0.817. The van der Waals surface area contributed by atoms with Gasteiger partial charge in [0.2, 0.25) is 0 Å². The van der Waals surface area contributed by atoms with Crippen molar-refractivity contribution in [3.63, 3.8) is 0 Å². The van der Waals surface area contributed by atoms with Crippen LogP contribution in [0.3, 0.4) is 0 Å². The van der Waals surface area contributed by atoms with Crippen LogP contribution >= 0.6 is 34.7 Å². The number of aromatic nitrogens is 1. The van der Waals surface area contributed by atoms with Gasteiger partial charge >= 0.3 is 0 Å². The van der Waals surface area contributed by atoms with Crippen LogP contribution in [0.4, 0.5) is 0 Å². The van der Waals surface area contributed by atoms with Crippen LogP contribution in [-0.2, 0) is 0 Å². The summed E-state index contributed by atoms with van der Waals surface area (Å²) in [6.07, 6.45) is 0. The first-order chi connectivity index (χ1) is 9.70. The first-order valence-corrected chi connectivity index (χ1v) is 8.69. The topological polar surface area (TPSA) is 42.0 Å². The van der Waals surface area contributed by atoms with Crippen molar-refractivity contribution in [2.45, 2.75) is 6.92 Å². The zero-order chi connectivity index (χ0) is 14.4. The number of carbonyl (C=O) groups excluding carboxylic acids is 1. The Balaban J connectivity index is 1.98. The minimum Gasteiger partial charge on any atom is -0.349 e. The van der Waals surface area contributed by atoms with Crippen molar-refractivity contribution in [2.24, 2.45) is 0 Å². The summed E-state index contributed by atoms with van der Waals surface area (Å²) < 4.78 is 0. The third kappa shape index (κ3) is 4.23. The lowest BCUT2D eigenvalue weighted by atomic mass is 10.2. The van der Waals surface area contributed by atoms with Gasteiger partial charge in [0.25, 0.3) is 5.91 Å². The normalized spacial score (nSPS) is 10.5. The highest BCUT2D eigenvalue weighted by molar-refractivity contribution is 7.99. The number of amides is 1. The number of halogens is 1. The van der Waals surface area contributed by atoms with Gasteiger partial charge in [-0.1, -0.05) is 30.7 Å². The minimum absolute atomic E-state index is 0.105. The maximum Gasteiger partial charge on any atom is 0.280 e. The van der Waals surface area contributed by atoms with E-state index >= 15 is 0 Å². The summed E-state index contributed by atoms with van der Waals surface area (Å²) in [5.41, 5.74) is 1.77. The molecular formula is C14H15ClN2OS2. The van der Waals surface area contributed by atoms with E-state index < -0.39 is 0 Å². The average Bonchev–Trinajstić information content (AvgIpc) is 2.94. The van der Waals surface area contributed by atoms with E-state index in [0.717, 1.165) is 22.8 Å². The molecule has 2 rings (SSSR count). The molecule has 20 heavy (non-hydrogen) atoms. The molecule has 1 N–H and O–H groups in total. The van der Waals surface area contributed by atoms with Gasteiger partial charge in [-0.3, -0.25) is 4.79 Å². The van der Waals surface area contributed by atoms with E-state index in [9.17, 15) is 4.79 Å². The van der Waals surface area contributed by atoms with Crippen LogP contribution in [0, 0.1) is 0 Å². The van der Waals surface area contributed by atoms with Crippen molar-refractivity contribution in [1.82, 2.24) is 10.3 Å². The average molecular weight is 327 g/mol. The number of carbonyl (C=O) groups is 1. The SMILES string of the molecule is CCSCCNC(=O)c1nc(-c2ccc(Cl)cc2)cs1. The highest BCUT2D eigenvalue weighted by Crippen LogP contribution is 2.23. The van der Waals surface area contributed by atoms with Crippen LogP contribution in [-0.4, -0.2) is 28.9 Å². The van der Waals surface area contributed by atoms with Crippen LogP contribution in [0.15, 0.2) is 29.6 Å². The third-order valence-electron chi connectivity index (χ3n) is 2.57. The number of hydrogen-bond donors (Lipinski definition) is 1. The summed E-state index contributed by atoms with van der Waals surface area (Å²) >= 11 is 9.02. The summed E-state index contributed by atoms with van der Waals surface area (Å²) in [6.45, 7) is 2.78. The number of benzene rings is 1. The molecular weight excluding hydrogens is 312 g/mol. The van der Waals surface area contributed by atoms with E-state index in [1.807, 2.05) is 29.6 Å². The zero-order valence-electron chi connectivity index (χ0n) is 11.1. The lowest BCUT2D eigenvalue weighted by Gasteiger charge is -2.01. The molecule has 1 heterocycles. The van der Waals surface area contributed by atoms with Crippen molar-refractivity contribution >= 4 is 40.6 Å². The van der Waals surface area contributed by atoms with Gasteiger partial charge < -0.3 is 5.32 Å². The predicted octanol–water partition coefficient (Wildman–Crippen LogP) is 3.95. The molecule has 106 valence electrons. The van der Waals surface area contributed by atoms with E-state index in [-0.39, 0.29) is 5.91 Å². The van der Waals surface area contributed by atoms with Gasteiger partial charge in [-0.05, 0) is 17.9 Å². The molecule has 0 spiro atoms. The monoisotopic (exact) mass is 326 g/mol. The Kier molecular flexibility index (Phi) is 5.88. The van der Waals surface area contributed by atoms with Crippen LogP contribution in [0.2, 0.25) is 5.02 Å². The van der Waals surface area contributed by atoms with Gasteiger partial charge in [0, 0.05) is 28.3 Å². The van der Waals surface area contributed by atoms with Crippen molar-refractivity contribution in [3.8, 4) is 11.3 Å². The Morgan fingerprint density at radius 2 is 2.15 bits per heavy atom. The zero-order valence-corrected chi connectivity index (χ0v) is 13.4. The van der Waals surface area contributed by atoms with Gasteiger partial charge in [0.15, 0.2) is 5.01 Å². The smallest absolute Gasteiger partial charge is 0.280 e. The number of hydrogen-bond acceptors (Lipinski definition) is 4. The second-order valence-electron chi connectivity index (χ2n) is 4.00. The van der Waals surface area contributed by atoms with Crippen LogP contribution in [0.5, 0.6) is 0 Å². The number of rotatable bonds is 6. The summed E-state index contributed by atoms with van der Waals surface area (Å²) in [6, 6.07) is 7.43. The molecule has 0 atom stereocenters. The van der Waals surface area contributed by atoms with E-state index in [1.54, 1.807) is 11.8 Å². The highest BCUT2D eigenvalue weighted by Gasteiger charge is 2.11. The van der Waals surface area contributed by atoms with Gasteiger partial charge in [-0.15, -0.1) is 11.3 Å². The third-order valence-corrected chi connectivity index (χ3v) is 4.57. The molecule has 0 saturated heterocycles. The molecule has 1 amide bonds. The Labute approximate surface area is 131 Å². The van der Waals surface area contributed by atoms with E-state index in [1.165, 1.54) is 11.3 Å². The first-order valence-electron chi connectivity index (χ1n) is 6.28. The summed E-state index contributed by atoms with van der Waals surface area (Å²) in [7, 11) is 0. The van der Waals surface area contributed by atoms with E-state index in [0.29, 0.717) is 16.6 Å². The largest absolute Gasteiger partial charge is 0.349 e.